The molecule has 0 spiro atoms. The zero-order valence-electron chi connectivity index (χ0n) is 11.1. The Morgan fingerprint density at radius 2 is 2.11 bits per heavy atom. The molecule has 0 atom stereocenters. The van der Waals surface area contributed by atoms with Gasteiger partial charge in [-0.1, -0.05) is 31.5 Å². The van der Waals surface area contributed by atoms with Crippen molar-refractivity contribution in [2.24, 2.45) is 5.73 Å². The molecule has 0 aliphatic rings. The van der Waals surface area contributed by atoms with Crippen molar-refractivity contribution in [2.45, 2.75) is 20.4 Å². The number of nitriles is 1. The molecule has 0 aliphatic carbocycles. The highest BCUT2D eigenvalue weighted by molar-refractivity contribution is 6.32. The van der Waals surface area contributed by atoms with Crippen LogP contribution in [0.4, 0.5) is 0 Å². The van der Waals surface area contributed by atoms with Gasteiger partial charge in [-0.3, -0.25) is 4.68 Å². The lowest BCUT2D eigenvalue weighted by Crippen LogP contribution is -2.10. The summed E-state index contributed by atoms with van der Waals surface area (Å²) in [6.07, 6.45) is 1.87. The van der Waals surface area contributed by atoms with E-state index in [1.54, 1.807) is 16.8 Å². The fourth-order valence-corrected chi connectivity index (χ4v) is 1.76. The molecule has 0 unspecified atom stereocenters. The number of nitrogens with two attached hydrogens (primary N) is 1. The highest BCUT2D eigenvalue weighted by atomic mass is 35.5. The zero-order chi connectivity index (χ0) is 14.3. The van der Waals surface area contributed by atoms with Crippen LogP contribution in [0.3, 0.4) is 0 Å². The van der Waals surface area contributed by atoms with Gasteiger partial charge in [0.2, 0.25) is 0 Å². The molecule has 2 rings (SSSR count). The molecule has 0 fully saturated rings. The molecule has 100 valence electrons. The minimum atomic E-state index is 0.443. The van der Waals surface area contributed by atoms with E-state index in [4.69, 9.17) is 22.6 Å². The highest BCUT2D eigenvalue weighted by Gasteiger charge is 2.05. The summed E-state index contributed by atoms with van der Waals surface area (Å²) in [5.41, 5.74) is 7.64. The highest BCUT2D eigenvalue weighted by Crippen LogP contribution is 2.23. The van der Waals surface area contributed by atoms with Gasteiger partial charge in [0, 0.05) is 18.3 Å². The average Bonchev–Trinajstić information content (AvgIpc) is 2.90. The zero-order valence-corrected chi connectivity index (χ0v) is 11.9. The fourth-order valence-electron chi connectivity index (χ4n) is 1.54. The number of aromatic nitrogens is 2. The maximum absolute atomic E-state index is 8.79. The molecular weight excluding hydrogens is 260 g/mol. The van der Waals surface area contributed by atoms with Crippen LogP contribution in [-0.4, -0.2) is 16.3 Å². The summed E-state index contributed by atoms with van der Waals surface area (Å²) in [5.74, 6) is 0. The molecule has 0 amide bonds. The Balaban J connectivity index is 0.000000861. The number of hydrogen-bond donors (Lipinski definition) is 1. The van der Waals surface area contributed by atoms with Crippen LogP contribution in [0.15, 0.2) is 30.5 Å². The topological polar surface area (TPSA) is 67.6 Å². The predicted octanol–water partition coefficient (Wildman–Crippen LogP) is 3.06. The first kappa shape index (κ1) is 15.2. The summed E-state index contributed by atoms with van der Waals surface area (Å²) in [6, 6.07) is 9.19. The van der Waals surface area contributed by atoms with Crippen LogP contribution in [0, 0.1) is 11.3 Å². The molecule has 2 aromatic rings. The smallest absolute Gasteiger partial charge is 0.101 e. The summed E-state index contributed by atoms with van der Waals surface area (Å²) in [5, 5.41) is 13.6. The Morgan fingerprint density at radius 3 is 2.68 bits per heavy atom. The van der Waals surface area contributed by atoms with E-state index in [0.29, 0.717) is 23.7 Å². The van der Waals surface area contributed by atoms with E-state index in [1.807, 2.05) is 38.2 Å². The maximum atomic E-state index is 8.79. The van der Waals surface area contributed by atoms with Gasteiger partial charge >= 0.3 is 0 Å². The Hall–Kier alpha value is -1.83. The van der Waals surface area contributed by atoms with Gasteiger partial charge in [0.25, 0.3) is 0 Å². The molecule has 5 heteroatoms. The molecule has 1 aromatic carbocycles. The molecule has 0 saturated carbocycles. The summed E-state index contributed by atoms with van der Waals surface area (Å²) >= 11 is 5.97. The molecule has 1 aromatic heterocycles. The normalized spacial score (nSPS) is 9.42. The van der Waals surface area contributed by atoms with Crippen molar-refractivity contribution in [3.8, 4) is 17.3 Å². The van der Waals surface area contributed by atoms with Crippen LogP contribution >= 0.6 is 11.6 Å². The van der Waals surface area contributed by atoms with Crippen LogP contribution in [0.25, 0.3) is 11.3 Å². The minimum absolute atomic E-state index is 0.443. The minimum Gasteiger partial charge on any atom is -0.329 e. The number of benzene rings is 1. The molecule has 2 N–H and O–H groups in total. The van der Waals surface area contributed by atoms with Crippen molar-refractivity contribution in [1.29, 1.82) is 5.26 Å². The van der Waals surface area contributed by atoms with E-state index in [1.165, 1.54) is 0 Å². The maximum Gasteiger partial charge on any atom is 0.101 e. The van der Waals surface area contributed by atoms with Gasteiger partial charge in [0.1, 0.15) is 6.07 Å². The predicted molar refractivity (Wildman–Crippen MR) is 77.8 cm³/mol. The molecule has 4 nitrogen and oxygen atoms in total. The van der Waals surface area contributed by atoms with Gasteiger partial charge in [-0.05, 0) is 18.2 Å². The SMILES string of the molecule is CC.N#Cc1ccc(-c2ccn(CCN)n2)cc1Cl. The first-order valence-electron chi connectivity index (χ1n) is 6.18. The Morgan fingerprint density at radius 1 is 1.37 bits per heavy atom. The third kappa shape index (κ3) is 3.82. The molecular formula is C14H17ClN4. The van der Waals surface area contributed by atoms with E-state index in [9.17, 15) is 0 Å². The third-order valence-corrected chi connectivity index (χ3v) is 2.70. The van der Waals surface area contributed by atoms with E-state index in [2.05, 4.69) is 5.10 Å². The van der Waals surface area contributed by atoms with Crippen molar-refractivity contribution in [3.05, 3.63) is 41.0 Å². The lowest BCUT2D eigenvalue weighted by molar-refractivity contribution is 0.627. The van der Waals surface area contributed by atoms with E-state index >= 15 is 0 Å². The molecule has 0 radical (unpaired) electrons. The van der Waals surface area contributed by atoms with Gasteiger partial charge < -0.3 is 5.73 Å². The van der Waals surface area contributed by atoms with E-state index < -0.39 is 0 Å². The van der Waals surface area contributed by atoms with Crippen molar-refractivity contribution in [1.82, 2.24) is 9.78 Å². The van der Waals surface area contributed by atoms with Gasteiger partial charge in [-0.25, -0.2) is 0 Å². The molecule has 0 bridgehead atoms. The number of rotatable bonds is 3. The van der Waals surface area contributed by atoms with Crippen LogP contribution in [0.2, 0.25) is 5.02 Å². The number of hydrogen-bond acceptors (Lipinski definition) is 3. The Bertz CT molecular complexity index is 569. The molecule has 0 saturated heterocycles. The third-order valence-electron chi connectivity index (χ3n) is 2.38. The summed E-state index contributed by atoms with van der Waals surface area (Å²) in [7, 11) is 0. The van der Waals surface area contributed by atoms with Gasteiger partial charge in [-0.15, -0.1) is 0 Å². The van der Waals surface area contributed by atoms with Crippen molar-refractivity contribution in [3.63, 3.8) is 0 Å². The van der Waals surface area contributed by atoms with Gasteiger partial charge in [0.05, 0.1) is 22.8 Å². The van der Waals surface area contributed by atoms with Crippen LogP contribution in [0.1, 0.15) is 19.4 Å². The number of nitrogens with zero attached hydrogens (tertiary/aromatic N) is 3. The lowest BCUT2D eigenvalue weighted by Gasteiger charge is -2.00. The second-order valence-electron chi connectivity index (χ2n) is 3.56. The monoisotopic (exact) mass is 276 g/mol. The van der Waals surface area contributed by atoms with Crippen LogP contribution in [-0.2, 0) is 6.54 Å². The summed E-state index contributed by atoms with van der Waals surface area (Å²) < 4.78 is 1.78. The standard InChI is InChI=1S/C12H11ClN4.C2H6/c13-11-7-9(1-2-10(11)8-15)12-3-5-17(16-12)6-4-14;1-2/h1-3,5,7H,4,6,14H2;1-2H3. The Labute approximate surface area is 118 Å². The van der Waals surface area contributed by atoms with Gasteiger partial charge in [-0.2, -0.15) is 10.4 Å². The molecule has 19 heavy (non-hydrogen) atoms. The Kier molecular flexibility index (Phi) is 6.07. The molecule has 0 aliphatic heterocycles. The second kappa shape index (κ2) is 7.57. The number of halogens is 1. The summed E-state index contributed by atoms with van der Waals surface area (Å²) in [6.45, 7) is 5.24. The van der Waals surface area contributed by atoms with Crippen LogP contribution < -0.4 is 5.73 Å². The van der Waals surface area contributed by atoms with E-state index in [-0.39, 0.29) is 0 Å². The second-order valence-corrected chi connectivity index (χ2v) is 3.97. The van der Waals surface area contributed by atoms with Crippen molar-refractivity contribution < 1.29 is 0 Å². The first-order valence-corrected chi connectivity index (χ1v) is 6.56. The lowest BCUT2D eigenvalue weighted by atomic mass is 10.1. The largest absolute Gasteiger partial charge is 0.329 e. The molecule has 1 heterocycles. The average molecular weight is 277 g/mol. The quantitative estimate of drug-likeness (QED) is 0.937. The van der Waals surface area contributed by atoms with Crippen molar-refractivity contribution in [2.75, 3.05) is 6.54 Å². The van der Waals surface area contributed by atoms with Crippen molar-refractivity contribution >= 4 is 11.6 Å². The first-order chi connectivity index (χ1) is 9.24. The van der Waals surface area contributed by atoms with E-state index in [0.717, 1.165) is 11.3 Å². The van der Waals surface area contributed by atoms with Gasteiger partial charge in [0.15, 0.2) is 0 Å². The fraction of sp³-hybridized carbons (Fsp3) is 0.286. The van der Waals surface area contributed by atoms with Crippen LogP contribution in [0.5, 0.6) is 0 Å². The summed E-state index contributed by atoms with van der Waals surface area (Å²) in [4.78, 5) is 0.